The van der Waals surface area contributed by atoms with Gasteiger partial charge in [0.05, 0.1) is 5.41 Å². The molecule has 0 saturated carbocycles. The first-order valence-electron chi connectivity index (χ1n) is 7.37. The summed E-state index contributed by atoms with van der Waals surface area (Å²) < 4.78 is 0. The van der Waals surface area contributed by atoms with Gasteiger partial charge in [-0.25, -0.2) is 0 Å². The van der Waals surface area contributed by atoms with E-state index in [0.717, 1.165) is 16.7 Å². The standard InChI is InChI=1S/C18H29NO2/c1-16(2,3)12-9-11(18(7,8)15(19)21)10-13(14(12)20)17(4,5)6/h9-10,20H,1-8H3,(H2,19,21). The maximum absolute atomic E-state index is 11.8. The minimum absolute atomic E-state index is 0.214. The molecule has 0 fully saturated rings. The van der Waals surface area contributed by atoms with Crippen molar-refractivity contribution in [1.29, 1.82) is 0 Å². The van der Waals surface area contributed by atoms with E-state index in [2.05, 4.69) is 41.5 Å². The zero-order valence-corrected chi connectivity index (χ0v) is 14.6. The highest BCUT2D eigenvalue weighted by atomic mass is 16.3. The van der Waals surface area contributed by atoms with Gasteiger partial charge in [-0.15, -0.1) is 0 Å². The molecule has 0 atom stereocenters. The van der Waals surface area contributed by atoms with Crippen molar-refractivity contribution in [3.63, 3.8) is 0 Å². The number of phenolic OH excluding ortho intramolecular Hbond substituents is 1. The van der Waals surface area contributed by atoms with E-state index in [-0.39, 0.29) is 16.7 Å². The van der Waals surface area contributed by atoms with Gasteiger partial charge in [0, 0.05) is 0 Å². The molecule has 0 bridgehead atoms. The van der Waals surface area contributed by atoms with Gasteiger partial charge in [-0.3, -0.25) is 4.79 Å². The lowest BCUT2D eigenvalue weighted by Crippen LogP contribution is -2.36. The van der Waals surface area contributed by atoms with E-state index in [0.29, 0.717) is 5.75 Å². The first kappa shape index (κ1) is 17.5. The summed E-state index contributed by atoms with van der Waals surface area (Å²) in [7, 11) is 0. The fourth-order valence-corrected chi connectivity index (χ4v) is 2.28. The molecule has 3 nitrogen and oxygen atoms in total. The minimum Gasteiger partial charge on any atom is -0.507 e. The normalized spacial score (nSPS) is 13.3. The molecule has 1 amide bonds. The monoisotopic (exact) mass is 291 g/mol. The van der Waals surface area contributed by atoms with Crippen molar-refractivity contribution < 1.29 is 9.90 Å². The Bertz CT molecular complexity index is 523. The van der Waals surface area contributed by atoms with Crippen molar-refractivity contribution in [2.24, 2.45) is 5.73 Å². The van der Waals surface area contributed by atoms with Crippen molar-refractivity contribution in [2.45, 2.75) is 71.6 Å². The number of primary amides is 1. The van der Waals surface area contributed by atoms with Crippen LogP contribution in [0, 0.1) is 0 Å². The van der Waals surface area contributed by atoms with Gasteiger partial charge < -0.3 is 10.8 Å². The summed E-state index contributed by atoms with van der Waals surface area (Å²) in [6, 6.07) is 3.82. The van der Waals surface area contributed by atoms with E-state index in [1.165, 1.54) is 0 Å². The Morgan fingerprint density at radius 2 is 1.24 bits per heavy atom. The van der Waals surface area contributed by atoms with Gasteiger partial charge in [0.15, 0.2) is 0 Å². The molecule has 1 aromatic carbocycles. The van der Waals surface area contributed by atoms with Gasteiger partial charge >= 0.3 is 0 Å². The largest absolute Gasteiger partial charge is 0.507 e. The van der Waals surface area contributed by atoms with Crippen LogP contribution < -0.4 is 5.73 Å². The molecular formula is C18H29NO2. The van der Waals surface area contributed by atoms with Crippen LogP contribution in [0.2, 0.25) is 0 Å². The molecule has 3 heteroatoms. The second-order valence-electron chi connectivity index (χ2n) is 8.41. The maximum Gasteiger partial charge on any atom is 0.227 e. The van der Waals surface area contributed by atoms with Gasteiger partial charge in [-0.1, -0.05) is 53.7 Å². The highest BCUT2D eigenvalue weighted by Gasteiger charge is 2.33. The molecule has 0 aliphatic heterocycles. The van der Waals surface area contributed by atoms with Crippen LogP contribution in [-0.4, -0.2) is 11.0 Å². The summed E-state index contributed by atoms with van der Waals surface area (Å²) in [6.45, 7) is 15.9. The summed E-state index contributed by atoms with van der Waals surface area (Å²) in [5.74, 6) is -0.0491. The molecule has 1 aromatic rings. The smallest absolute Gasteiger partial charge is 0.227 e. The molecule has 1 rings (SSSR count). The van der Waals surface area contributed by atoms with Crippen LogP contribution in [0.15, 0.2) is 12.1 Å². The van der Waals surface area contributed by atoms with Crippen LogP contribution in [-0.2, 0) is 21.0 Å². The average molecular weight is 291 g/mol. The van der Waals surface area contributed by atoms with Crippen LogP contribution in [0.4, 0.5) is 0 Å². The van der Waals surface area contributed by atoms with Gasteiger partial charge in [-0.2, -0.15) is 0 Å². The number of hydrogen-bond acceptors (Lipinski definition) is 2. The molecule has 118 valence electrons. The molecule has 0 heterocycles. The van der Waals surface area contributed by atoms with Crippen LogP contribution in [0.3, 0.4) is 0 Å². The maximum atomic E-state index is 11.8. The number of carbonyl (C=O) groups is 1. The lowest BCUT2D eigenvalue weighted by molar-refractivity contribution is -0.122. The minimum atomic E-state index is -0.770. The van der Waals surface area contributed by atoms with Crippen LogP contribution in [0.5, 0.6) is 5.75 Å². The number of benzene rings is 1. The van der Waals surface area contributed by atoms with E-state index < -0.39 is 5.41 Å². The van der Waals surface area contributed by atoms with E-state index >= 15 is 0 Å². The topological polar surface area (TPSA) is 63.3 Å². The molecule has 0 radical (unpaired) electrons. The highest BCUT2D eigenvalue weighted by molar-refractivity contribution is 5.86. The SMILES string of the molecule is CC(C)(C)c1cc(C(C)(C)C(N)=O)cc(C(C)(C)C)c1O. The summed E-state index contributed by atoms with van der Waals surface area (Å²) >= 11 is 0. The Morgan fingerprint density at radius 1 is 0.905 bits per heavy atom. The first-order valence-corrected chi connectivity index (χ1v) is 7.37. The number of phenols is 1. The number of rotatable bonds is 2. The Morgan fingerprint density at radius 3 is 1.48 bits per heavy atom. The lowest BCUT2D eigenvalue weighted by Gasteiger charge is -2.31. The third kappa shape index (κ3) is 3.39. The van der Waals surface area contributed by atoms with Crippen molar-refractivity contribution in [3.05, 3.63) is 28.8 Å². The Balaban J connectivity index is 3.75. The molecule has 21 heavy (non-hydrogen) atoms. The van der Waals surface area contributed by atoms with Crippen molar-refractivity contribution in [3.8, 4) is 5.75 Å². The van der Waals surface area contributed by atoms with E-state index in [9.17, 15) is 9.90 Å². The van der Waals surface area contributed by atoms with E-state index in [1.807, 2.05) is 26.0 Å². The van der Waals surface area contributed by atoms with Gasteiger partial charge in [0.1, 0.15) is 5.75 Å². The fraction of sp³-hybridized carbons (Fsp3) is 0.611. The summed E-state index contributed by atoms with van der Waals surface area (Å²) in [5, 5.41) is 10.7. The molecule has 0 saturated heterocycles. The summed E-state index contributed by atoms with van der Waals surface area (Å²) in [6.07, 6.45) is 0. The quantitative estimate of drug-likeness (QED) is 0.871. The number of nitrogens with two attached hydrogens (primary N) is 1. The Hall–Kier alpha value is -1.51. The van der Waals surface area contributed by atoms with Gasteiger partial charge in [-0.05, 0) is 41.4 Å². The molecule has 0 aliphatic carbocycles. The number of aromatic hydroxyl groups is 1. The third-order valence-corrected chi connectivity index (χ3v) is 4.06. The van der Waals surface area contributed by atoms with Crippen molar-refractivity contribution in [1.82, 2.24) is 0 Å². The molecule has 0 aromatic heterocycles. The molecule has 0 unspecified atom stereocenters. The molecular weight excluding hydrogens is 262 g/mol. The van der Waals surface area contributed by atoms with Gasteiger partial charge in [0.25, 0.3) is 0 Å². The van der Waals surface area contributed by atoms with Crippen LogP contribution >= 0.6 is 0 Å². The van der Waals surface area contributed by atoms with E-state index in [1.54, 1.807) is 0 Å². The van der Waals surface area contributed by atoms with Crippen molar-refractivity contribution in [2.75, 3.05) is 0 Å². The second kappa shape index (κ2) is 5.04. The second-order valence-corrected chi connectivity index (χ2v) is 8.41. The first-order chi connectivity index (χ1) is 9.19. The number of carbonyl (C=O) groups excluding carboxylic acids is 1. The molecule has 0 spiro atoms. The molecule has 0 aliphatic rings. The predicted octanol–water partition coefficient (Wildman–Crippen LogP) is 3.75. The third-order valence-electron chi connectivity index (χ3n) is 4.06. The van der Waals surface area contributed by atoms with Crippen LogP contribution in [0.1, 0.15) is 72.1 Å². The number of hydrogen-bond donors (Lipinski definition) is 2. The van der Waals surface area contributed by atoms with E-state index in [4.69, 9.17) is 5.73 Å². The number of amides is 1. The zero-order valence-electron chi connectivity index (χ0n) is 14.6. The summed E-state index contributed by atoms with van der Waals surface area (Å²) in [5.41, 5.74) is 6.90. The predicted molar refractivity (Wildman–Crippen MR) is 87.7 cm³/mol. The average Bonchev–Trinajstić information content (AvgIpc) is 2.25. The van der Waals surface area contributed by atoms with Crippen molar-refractivity contribution >= 4 is 5.91 Å². The van der Waals surface area contributed by atoms with Crippen LogP contribution in [0.25, 0.3) is 0 Å². The fourth-order valence-electron chi connectivity index (χ4n) is 2.28. The van der Waals surface area contributed by atoms with Gasteiger partial charge in [0.2, 0.25) is 5.91 Å². The molecule has 3 N–H and O–H groups in total. The summed E-state index contributed by atoms with van der Waals surface area (Å²) in [4.78, 5) is 11.8. The Kier molecular flexibility index (Phi) is 4.21. The zero-order chi connectivity index (χ0) is 16.8. The Labute approximate surface area is 128 Å². The lowest BCUT2D eigenvalue weighted by atomic mass is 9.74. The highest BCUT2D eigenvalue weighted by Crippen LogP contribution is 2.42.